The van der Waals surface area contributed by atoms with E-state index in [2.05, 4.69) is 20.7 Å². The van der Waals surface area contributed by atoms with Crippen LogP contribution < -0.4 is 10.6 Å². The standard InChI is InChI=1S/C12H13N5O2/c1-7-2-3-17-11(15-7)9(6-14-17)12(19)16-8-4-10(18)13-5-8/h2-3,6,8H,4-5H2,1H3,(H,13,18)(H,16,19). The fourth-order valence-electron chi connectivity index (χ4n) is 2.09. The molecule has 1 aliphatic heterocycles. The van der Waals surface area contributed by atoms with E-state index in [1.807, 2.05) is 13.0 Å². The van der Waals surface area contributed by atoms with Crippen molar-refractivity contribution in [3.63, 3.8) is 0 Å². The van der Waals surface area contributed by atoms with Crippen LogP contribution in [0.4, 0.5) is 0 Å². The van der Waals surface area contributed by atoms with E-state index >= 15 is 0 Å². The maximum absolute atomic E-state index is 12.2. The normalized spacial score (nSPS) is 18.6. The van der Waals surface area contributed by atoms with Gasteiger partial charge in [0.05, 0.1) is 12.2 Å². The Morgan fingerprint density at radius 1 is 1.58 bits per heavy atom. The maximum atomic E-state index is 12.2. The van der Waals surface area contributed by atoms with Crippen LogP contribution in [0, 0.1) is 6.92 Å². The van der Waals surface area contributed by atoms with Crippen molar-refractivity contribution in [3.05, 3.63) is 29.7 Å². The molecule has 19 heavy (non-hydrogen) atoms. The molecule has 2 aromatic rings. The van der Waals surface area contributed by atoms with Crippen molar-refractivity contribution in [3.8, 4) is 0 Å². The summed E-state index contributed by atoms with van der Waals surface area (Å²) in [6.07, 6.45) is 3.56. The molecule has 2 aromatic heterocycles. The molecule has 0 aliphatic carbocycles. The Hall–Kier alpha value is -2.44. The SMILES string of the molecule is Cc1ccn2ncc(C(=O)NC3CNC(=O)C3)c2n1. The van der Waals surface area contributed by atoms with Gasteiger partial charge in [0.2, 0.25) is 5.91 Å². The van der Waals surface area contributed by atoms with Crippen LogP contribution >= 0.6 is 0 Å². The topological polar surface area (TPSA) is 88.4 Å². The Bertz CT molecular complexity index is 663. The molecule has 1 aliphatic rings. The van der Waals surface area contributed by atoms with Crippen LogP contribution in [0.3, 0.4) is 0 Å². The number of rotatable bonds is 2. The van der Waals surface area contributed by atoms with E-state index < -0.39 is 0 Å². The predicted octanol–water partition coefficient (Wildman–Crippen LogP) is -0.344. The molecule has 0 saturated carbocycles. The van der Waals surface area contributed by atoms with Crippen molar-refractivity contribution >= 4 is 17.5 Å². The predicted molar refractivity (Wildman–Crippen MR) is 66.6 cm³/mol. The summed E-state index contributed by atoms with van der Waals surface area (Å²) in [5.41, 5.74) is 1.76. The second-order valence-corrected chi connectivity index (χ2v) is 4.57. The molecule has 0 radical (unpaired) electrons. The summed E-state index contributed by atoms with van der Waals surface area (Å²) in [5.74, 6) is -0.297. The second-order valence-electron chi connectivity index (χ2n) is 4.57. The van der Waals surface area contributed by atoms with Gasteiger partial charge in [-0.25, -0.2) is 9.50 Å². The molecular formula is C12H13N5O2. The average molecular weight is 259 g/mol. The Balaban J connectivity index is 1.85. The first-order valence-electron chi connectivity index (χ1n) is 6.02. The van der Waals surface area contributed by atoms with Crippen molar-refractivity contribution in [2.24, 2.45) is 0 Å². The zero-order valence-electron chi connectivity index (χ0n) is 10.4. The Morgan fingerprint density at radius 3 is 3.16 bits per heavy atom. The van der Waals surface area contributed by atoms with Crippen LogP contribution in [0.1, 0.15) is 22.5 Å². The third-order valence-electron chi connectivity index (χ3n) is 3.07. The average Bonchev–Trinajstić information content (AvgIpc) is 2.95. The first-order valence-corrected chi connectivity index (χ1v) is 6.02. The van der Waals surface area contributed by atoms with Gasteiger partial charge in [0.25, 0.3) is 5.91 Å². The lowest BCUT2D eigenvalue weighted by Crippen LogP contribution is -2.36. The van der Waals surface area contributed by atoms with E-state index in [0.29, 0.717) is 24.2 Å². The number of carbonyl (C=O) groups excluding carboxylic acids is 2. The molecule has 7 heteroatoms. The highest BCUT2D eigenvalue weighted by Crippen LogP contribution is 2.10. The summed E-state index contributed by atoms with van der Waals surface area (Å²) in [7, 11) is 0. The molecule has 3 rings (SSSR count). The summed E-state index contributed by atoms with van der Waals surface area (Å²) in [4.78, 5) is 27.5. The Kier molecular flexibility index (Phi) is 2.66. The molecule has 98 valence electrons. The third kappa shape index (κ3) is 2.14. The zero-order chi connectivity index (χ0) is 13.4. The number of aryl methyl sites for hydroxylation is 1. The van der Waals surface area contributed by atoms with E-state index in [1.54, 1.807) is 10.7 Å². The first kappa shape index (κ1) is 11.6. The minimum absolute atomic E-state index is 0.0425. The molecule has 1 saturated heterocycles. The van der Waals surface area contributed by atoms with Gasteiger partial charge in [0.1, 0.15) is 5.56 Å². The lowest BCUT2D eigenvalue weighted by Gasteiger charge is -2.09. The number of fused-ring (bicyclic) bond motifs is 1. The number of hydrogen-bond acceptors (Lipinski definition) is 4. The summed E-state index contributed by atoms with van der Waals surface area (Å²) in [6.45, 7) is 2.32. The monoisotopic (exact) mass is 259 g/mol. The van der Waals surface area contributed by atoms with Crippen molar-refractivity contribution in [1.29, 1.82) is 0 Å². The quantitative estimate of drug-likeness (QED) is 0.772. The van der Waals surface area contributed by atoms with Crippen molar-refractivity contribution in [2.45, 2.75) is 19.4 Å². The van der Waals surface area contributed by atoms with Crippen LogP contribution in [-0.2, 0) is 4.79 Å². The summed E-state index contributed by atoms with van der Waals surface area (Å²) in [5, 5.41) is 9.57. The number of hydrogen-bond donors (Lipinski definition) is 2. The Labute approximate surface area is 109 Å². The van der Waals surface area contributed by atoms with Gasteiger partial charge in [-0.3, -0.25) is 9.59 Å². The van der Waals surface area contributed by atoms with E-state index in [1.165, 1.54) is 6.20 Å². The summed E-state index contributed by atoms with van der Waals surface area (Å²) < 4.78 is 1.56. The molecule has 0 spiro atoms. The first-order chi connectivity index (χ1) is 9.13. The van der Waals surface area contributed by atoms with Crippen LogP contribution in [0.5, 0.6) is 0 Å². The van der Waals surface area contributed by atoms with Gasteiger partial charge in [0.15, 0.2) is 5.65 Å². The van der Waals surface area contributed by atoms with Crippen LogP contribution in [0.2, 0.25) is 0 Å². The fraction of sp³-hybridized carbons (Fsp3) is 0.333. The highest BCUT2D eigenvalue weighted by molar-refractivity contribution is 6.00. The summed E-state index contributed by atoms with van der Waals surface area (Å²) >= 11 is 0. The van der Waals surface area contributed by atoms with E-state index in [4.69, 9.17) is 0 Å². The van der Waals surface area contributed by atoms with Crippen molar-refractivity contribution in [2.75, 3.05) is 6.54 Å². The van der Waals surface area contributed by atoms with Gasteiger partial charge in [0, 0.05) is 24.9 Å². The number of nitrogens with zero attached hydrogens (tertiary/aromatic N) is 3. The molecule has 7 nitrogen and oxygen atoms in total. The molecule has 1 unspecified atom stereocenters. The van der Waals surface area contributed by atoms with Crippen molar-refractivity contribution in [1.82, 2.24) is 25.2 Å². The minimum atomic E-state index is -0.255. The second kappa shape index (κ2) is 4.34. The van der Waals surface area contributed by atoms with Gasteiger partial charge in [-0.1, -0.05) is 0 Å². The van der Waals surface area contributed by atoms with Crippen LogP contribution in [0.15, 0.2) is 18.5 Å². The zero-order valence-corrected chi connectivity index (χ0v) is 10.4. The highest BCUT2D eigenvalue weighted by Gasteiger charge is 2.24. The highest BCUT2D eigenvalue weighted by atomic mass is 16.2. The Morgan fingerprint density at radius 2 is 2.42 bits per heavy atom. The number of carbonyl (C=O) groups is 2. The van der Waals surface area contributed by atoms with Gasteiger partial charge >= 0.3 is 0 Å². The smallest absolute Gasteiger partial charge is 0.257 e. The van der Waals surface area contributed by atoms with Gasteiger partial charge in [-0.15, -0.1) is 0 Å². The molecular weight excluding hydrogens is 246 g/mol. The number of aromatic nitrogens is 3. The van der Waals surface area contributed by atoms with E-state index in [-0.39, 0.29) is 17.9 Å². The summed E-state index contributed by atoms with van der Waals surface area (Å²) in [6, 6.07) is 1.65. The minimum Gasteiger partial charge on any atom is -0.354 e. The van der Waals surface area contributed by atoms with Crippen LogP contribution in [0.25, 0.3) is 5.65 Å². The molecule has 0 bridgehead atoms. The molecule has 3 heterocycles. The third-order valence-corrected chi connectivity index (χ3v) is 3.07. The maximum Gasteiger partial charge on any atom is 0.257 e. The van der Waals surface area contributed by atoms with Gasteiger partial charge in [-0.05, 0) is 13.0 Å². The number of amides is 2. The van der Waals surface area contributed by atoms with E-state index in [9.17, 15) is 9.59 Å². The fourth-order valence-corrected chi connectivity index (χ4v) is 2.09. The van der Waals surface area contributed by atoms with Gasteiger partial charge in [-0.2, -0.15) is 5.10 Å². The van der Waals surface area contributed by atoms with Gasteiger partial charge < -0.3 is 10.6 Å². The lowest BCUT2D eigenvalue weighted by molar-refractivity contribution is -0.119. The molecule has 1 atom stereocenters. The lowest BCUT2D eigenvalue weighted by atomic mass is 10.2. The molecule has 1 fully saturated rings. The molecule has 2 N–H and O–H groups in total. The number of nitrogens with one attached hydrogen (secondary N) is 2. The molecule has 0 aromatic carbocycles. The largest absolute Gasteiger partial charge is 0.354 e. The van der Waals surface area contributed by atoms with Crippen molar-refractivity contribution < 1.29 is 9.59 Å². The van der Waals surface area contributed by atoms with Crippen LogP contribution in [-0.4, -0.2) is 39.0 Å². The van der Waals surface area contributed by atoms with E-state index in [0.717, 1.165) is 5.69 Å². The molecule has 2 amide bonds.